The third-order valence-corrected chi connectivity index (χ3v) is 3.72. The molecule has 2 fully saturated rings. The Morgan fingerprint density at radius 2 is 1.91 bits per heavy atom. The summed E-state index contributed by atoms with van der Waals surface area (Å²) in [5.74, 6) is 1.02. The summed E-state index contributed by atoms with van der Waals surface area (Å²) < 4.78 is 0. The third-order valence-electron chi connectivity index (χ3n) is 3.72. The fourth-order valence-electron chi connectivity index (χ4n) is 2.91. The van der Waals surface area contributed by atoms with E-state index in [4.69, 9.17) is 5.73 Å². The first kappa shape index (κ1) is 7.60. The topological polar surface area (TPSA) is 26.0 Å². The number of nitrogens with two attached hydrogens (primary N) is 1. The summed E-state index contributed by atoms with van der Waals surface area (Å²) in [5, 5.41) is 0. The van der Waals surface area contributed by atoms with Gasteiger partial charge in [-0.05, 0) is 43.6 Å². The molecule has 2 aliphatic rings. The third kappa shape index (κ3) is 1.31. The van der Waals surface area contributed by atoms with Gasteiger partial charge in [-0.3, -0.25) is 0 Å². The fourth-order valence-corrected chi connectivity index (χ4v) is 2.91. The van der Waals surface area contributed by atoms with Crippen LogP contribution in [0.4, 0.5) is 0 Å². The predicted molar refractivity (Wildman–Crippen MR) is 47.3 cm³/mol. The highest BCUT2D eigenvalue weighted by Gasteiger charge is 2.52. The van der Waals surface area contributed by atoms with Crippen molar-refractivity contribution in [3.8, 4) is 0 Å². The Balaban J connectivity index is 1.84. The molecule has 2 N–H and O–H groups in total. The van der Waals surface area contributed by atoms with Crippen molar-refractivity contribution < 1.29 is 0 Å². The van der Waals surface area contributed by atoms with E-state index in [1.807, 2.05) is 0 Å². The van der Waals surface area contributed by atoms with Gasteiger partial charge in [0.2, 0.25) is 0 Å². The molecule has 1 heteroatoms. The quantitative estimate of drug-likeness (QED) is 0.647. The molecule has 0 aromatic carbocycles. The summed E-state index contributed by atoms with van der Waals surface area (Å²) in [5.41, 5.74) is 6.38. The van der Waals surface area contributed by atoms with Crippen molar-refractivity contribution >= 4 is 0 Å². The lowest BCUT2D eigenvalue weighted by Crippen LogP contribution is -2.11. The normalized spacial score (nSPS) is 34.1. The first-order chi connectivity index (χ1) is 5.37. The second-order valence-corrected chi connectivity index (χ2v) is 4.40. The molecule has 1 spiro atoms. The standard InChI is InChI=1S/C10H19N/c11-7-4-9-8-10(9)5-2-1-3-6-10/h9H,1-8,11H2. The van der Waals surface area contributed by atoms with E-state index in [0.29, 0.717) is 0 Å². The first-order valence-corrected chi connectivity index (χ1v) is 5.07. The first-order valence-electron chi connectivity index (χ1n) is 5.07. The summed E-state index contributed by atoms with van der Waals surface area (Å²) in [6.07, 6.45) is 10.3. The molecule has 0 radical (unpaired) electrons. The van der Waals surface area contributed by atoms with Crippen molar-refractivity contribution in [2.24, 2.45) is 17.1 Å². The van der Waals surface area contributed by atoms with E-state index in [2.05, 4.69) is 0 Å². The Morgan fingerprint density at radius 3 is 2.55 bits per heavy atom. The predicted octanol–water partition coefficient (Wildman–Crippen LogP) is 2.31. The zero-order valence-electron chi connectivity index (χ0n) is 7.31. The molecule has 0 saturated heterocycles. The molecule has 2 saturated carbocycles. The van der Waals surface area contributed by atoms with E-state index in [1.165, 1.54) is 44.9 Å². The number of rotatable bonds is 2. The lowest BCUT2D eigenvalue weighted by atomic mass is 9.84. The van der Waals surface area contributed by atoms with Crippen LogP contribution in [0.5, 0.6) is 0 Å². The Hall–Kier alpha value is -0.0400. The molecule has 1 nitrogen and oxygen atoms in total. The molecule has 0 amide bonds. The van der Waals surface area contributed by atoms with Gasteiger partial charge in [-0.25, -0.2) is 0 Å². The van der Waals surface area contributed by atoms with E-state index < -0.39 is 0 Å². The minimum atomic E-state index is 0.817. The van der Waals surface area contributed by atoms with Crippen LogP contribution in [0.2, 0.25) is 0 Å². The molecular weight excluding hydrogens is 134 g/mol. The van der Waals surface area contributed by atoms with Crippen molar-refractivity contribution in [3.63, 3.8) is 0 Å². The van der Waals surface area contributed by atoms with E-state index in [-0.39, 0.29) is 0 Å². The van der Waals surface area contributed by atoms with Crippen LogP contribution >= 0.6 is 0 Å². The van der Waals surface area contributed by atoms with E-state index >= 15 is 0 Å². The summed E-state index contributed by atoms with van der Waals surface area (Å²) in [4.78, 5) is 0. The van der Waals surface area contributed by atoms with Crippen molar-refractivity contribution in [2.75, 3.05) is 6.54 Å². The molecule has 2 rings (SSSR count). The molecular formula is C10H19N. The van der Waals surface area contributed by atoms with E-state index in [0.717, 1.165) is 17.9 Å². The highest BCUT2D eigenvalue weighted by Crippen LogP contribution is 2.62. The smallest absolute Gasteiger partial charge is 0.00744 e. The Kier molecular flexibility index (Phi) is 1.92. The van der Waals surface area contributed by atoms with Crippen LogP contribution < -0.4 is 5.73 Å². The lowest BCUT2D eigenvalue weighted by Gasteiger charge is -2.22. The van der Waals surface area contributed by atoms with Crippen LogP contribution in [-0.4, -0.2) is 6.54 Å². The minimum Gasteiger partial charge on any atom is -0.330 e. The zero-order chi connectivity index (χ0) is 7.73. The van der Waals surface area contributed by atoms with Crippen molar-refractivity contribution in [3.05, 3.63) is 0 Å². The fraction of sp³-hybridized carbons (Fsp3) is 1.00. The Morgan fingerprint density at radius 1 is 1.18 bits per heavy atom. The van der Waals surface area contributed by atoms with Gasteiger partial charge in [0.15, 0.2) is 0 Å². The largest absolute Gasteiger partial charge is 0.330 e. The molecule has 0 heterocycles. The maximum absolute atomic E-state index is 5.56. The van der Waals surface area contributed by atoms with Crippen LogP contribution in [0.25, 0.3) is 0 Å². The van der Waals surface area contributed by atoms with Crippen molar-refractivity contribution in [1.82, 2.24) is 0 Å². The molecule has 0 aliphatic heterocycles. The van der Waals surface area contributed by atoms with Gasteiger partial charge in [-0.1, -0.05) is 19.3 Å². The van der Waals surface area contributed by atoms with Crippen LogP contribution in [-0.2, 0) is 0 Å². The van der Waals surface area contributed by atoms with Crippen LogP contribution in [0.1, 0.15) is 44.9 Å². The van der Waals surface area contributed by atoms with Gasteiger partial charge in [0, 0.05) is 0 Å². The molecule has 0 bridgehead atoms. The number of hydrogen-bond donors (Lipinski definition) is 1. The highest BCUT2D eigenvalue weighted by atomic mass is 14.6. The van der Waals surface area contributed by atoms with Gasteiger partial charge in [-0.15, -0.1) is 0 Å². The second kappa shape index (κ2) is 2.78. The van der Waals surface area contributed by atoms with Gasteiger partial charge in [-0.2, -0.15) is 0 Å². The molecule has 1 unspecified atom stereocenters. The number of hydrogen-bond acceptors (Lipinski definition) is 1. The monoisotopic (exact) mass is 153 g/mol. The molecule has 64 valence electrons. The summed E-state index contributed by atoms with van der Waals surface area (Å²) in [6, 6.07) is 0. The van der Waals surface area contributed by atoms with E-state index in [9.17, 15) is 0 Å². The van der Waals surface area contributed by atoms with Gasteiger partial charge < -0.3 is 5.73 Å². The average molecular weight is 153 g/mol. The van der Waals surface area contributed by atoms with Crippen molar-refractivity contribution in [2.45, 2.75) is 44.9 Å². The highest BCUT2D eigenvalue weighted by molar-refractivity contribution is 5.02. The van der Waals surface area contributed by atoms with Gasteiger partial charge >= 0.3 is 0 Å². The summed E-state index contributed by atoms with van der Waals surface area (Å²) in [6.45, 7) is 0.909. The van der Waals surface area contributed by atoms with Crippen LogP contribution in [0.15, 0.2) is 0 Å². The molecule has 0 aromatic heterocycles. The molecule has 2 aliphatic carbocycles. The van der Waals surface area contributed by atoms with Crippen LogP contribution in [0, 0.1) is 11.3 Å². The molecule has 11 heavy (non-hydrogen) atoms. The van der Waals surface area contributed by atoms with Gasteiger partial charge in [0.1, 0.15) is 0 Å². The molecule has 1 atom stereocenters. The van der Waals surface area contributed by atoms with E-state index in [1.54, 1.807) is 0 Å². The Labute approximate surface area is 69.4 Å². The van der Waals surface area contributed by atoms with Gasteiger partial charge in [0.25, 0.3) is 0 Å². The average Bonchev–Trinajstić information content (AvgIpc) is 2.66. The lowest BCUT2D eigenvalue weighted by molar-refractivity contribution is 0.303. The summed E-state index contributed by atoms with van der Waals surface area (Å²) >= 11 is 0. The SMILES string of the molecule is NCCC1CC12CCCCC2. The maximum Gasteiger partial charge on any atom is -0.00744 e. The van der Waals surface area contributed by atoms with Crippen molar-refractivity contribution in [1.29, 1.82) is 0 Å². The minimum absolute atomic E-state index is 0.817. The zero-order valence-corrected chi connectivity index (χ0v) is 7.31. The van der Waals surface area contributed by atoms with Gasteiger partial charge in [0.05, 0.1) is 0 Å². The maximum atomic E-state index is 5.56. The summed E-state index contributed by atoms with van der Waals surface area (Å²) in [7, 11) is 0. The second-order valence-electron chi connectivity index (χ2n) is 4.40. The van der Waals surface area contributed by atoms with Crippen LogP contribution in [0.3, 0.4) is 0 Å². The molecule has 0 aromatic rings. The Bertz CT molecular complexity index is 136.